The maximum atomic E-state index is 12.2. The largest absolute Gasteiger partial charge is 0.505 e. The summed E-state index contributed by atoms with van der Waals surface area (Å²) in [5.41, 5.74) is 0. The lowest BCUT2D eigenvalue weighted by molar-refractivity contribution is -0.00652. The Morgan fingerprint density at radius 3 is 2.60 bits per heavy atom. The SMILES string of the molecule is Oc1cc(OF)ccc1F. The second-order valence-corrected chi connectivity index (χ2v) is 1.69. The van der Waals surface area contributed by atoms with Crippen molar-refractivity contribution in [2.75, 3.05) is 0 Å². The summed E-state index contributed by atoms with van der Waals surface area (Å²) in [5, 5.41) is 8.61. The van der Waals surface area contributed by atoms with Crippen molar-refractivity contribution in [3.63, 3.8) is 0 Å². The molecule has 1 aromatic carbocycles. The fraction of sp³-hybridized carbons (Fsp3) is 0. The van der Waals surface area contributed by atoms with Crippen LogP contribution < -0.4 is 4.94 Å². The van der Waals surface area contributed by atoms with Crippen LogP contribution in [0, 0.1) is 5.82 Å². The van der Waals surface area contributed by atoms with Crippen molar-refractivity contribution in [1.82, 2.24) is 0 Å². The third-order valence-corrected chi connectivity index (χ3v) is 1.01. The van der Waals surface area contributed by atoms with Crippen molar-refractivity contribution in [2.24, 2.45) is 0 Å². The van der Waals surface area contributed by atoms with Crippen LogP contribution in [0.15, 0.2) is 18.2 Å². The van der Waals surface area contributed by atoms with Crippen LogP contribution in [0.2, 0.25) is 0 Å². The molecule has 0 fully saturated rings. The Labute approximate surface area is 55.6 Å². The number of phenolic OH excluding ortho intramolecular Hbond substituents is 1. The Balaban J connectivity index is 3.04. The van der Waals surface area contributed by atoms with Crippen molar-refractivity contribution >= 4 is 0 Å². The first-order chi connectivity index (χ1) is 4.74. The zero-order valence-electron chi connectivity index (χ0n) is 4.84. The number of aromatic hydroxyl groups is 1. The fourth-order valence-corrected chi connectivity index (χ4v) is 0.540. The highest BCUT2D eigenvalue weighted by atomic mass is 19.3. The van der Waals surface area contributed by atoms with E-state index in [4.69, 9.17) is 5.11 Å². The summed E-state index contributed by atoms with van der Waals surface area (Å²) < 4.78 is 23.5. The molecule has 0 spiro atoms. The molecular formula is C6H4F2O2. The normalized spacial score (nSPS) is 9.40. The van der Waals surface area contributed by atoms with E-state index in [0.717, 1.165) is 18.2 Å². The summed E-state index contributed by atoms with van der Waals surface area (Å²) in [7, 11) is 0. The van der Waals surface area contributed by atoms with Crippen molar-refractivity contribution in [2.45, 2.75) is 0 Å². The van der Waals surface area contributed by atoms with E-state index in [9.17, 15) is 8.92 Å². The first-order valence-electron chi connectivity index (χ1n) is 2.51. The molecule has 10 heavy (non-hydrogen) atoms. The monoisotopic (exact) mass is 146 g/mol. The van der Waals surface area contributed by atoms with Gasteiger partial charge in [0.2, 0.25) is 0 Å². The Morgan fingerprint density at radius 1 is 1.40 bits per heavy atom. The Bertz CT molecular complexity index is 237. The van der Waals surface area contributed by atoms with E-state index >= 15 is 0 Å². The maximum Gasteiger partial charge on any atom is 0.175 e. The Hall–Kier alpha value is -1.32. The number of phenols is 1. The van der Waals surface area contributed by atoms with E-state index in [-0.39, 0.29) is 5.75 Å². The second kappa shape index (κ2) is 2.51. The number of hydrogen-bond acceptors (Lipinski definition) is 2. The summed E-state index contributed by atoms with van der Waals surface area (Å²) in [6, 6.07) is 2.81. The number of rotatable bonds is 1. The van der Waals surface area contributed by atoms with Crippen LogP contribution in [0.5, 0.6) is 11.5 Å². The molecule has 0 unspecified atom stereocenters. The summed E-state index contributed by atoms with van der Waals surface area (Å²) in [6.45, 7) is 0. The molecular weight excluding hydrogens is 142 g/mol. The van der Waals surface area contributed by atoms with Gasteiger partial charge in [0, 0.05) is 10.6 Å². The predicted molar refractivity (Wildman–Crippen MR) is 29.8 cm³/mol. The van der Waals surface area contributed by atoms with E-state index in [1.807, 2.05) is 0 Å². The molecule has 0 bridgehead atoms. The first kappa shape index (κ1) is 6.80. The highest BCUT2D eigenvalue weighted by Gasteiger charge is 2.01. The third kappa shape index (κ3) is 1.15. The van der Waals surface area contributed by atoms with Gasteiger partial charge in [0.25, 0.3) is 0 Å². The molecule has 1 aromatic rings. The van der Waals surface area contributed by atoms with Crippen LogP contribution >= 0.6 is 0 Å². The second-order valence-electron chi connectivity index (χ2n) is 1.69. The minimum Gasteiger partial charge on any atom is -0.505 e. The van der Waals surface area contributed by atoms with Gasteiger partial charge < -0.3 is 5.11 Å². The lowest BCUT2D eigenvalue weighted by atomic mass is 10.3. The zero-order chi connectivity index (χ0) is 7.56. The van der Waals surface area contributed by atoms with Gasteiger partial charge in [-0.05, 0) is 12.1 Å². The molecule has 54 valence electrons. The van der Waals surface area contributed by atoms with Crippen molar-refractivity contribution in [1.29, 1.82) is 0 Å². The maximum absolute atomic E-state index is 12.2. The number of benzene rings is 1. The quantitative estimate of drug-likeness (QED) is 0.654. The van der Waals surface area contributed by atoms with Crippen LogP contribution in [0.3, 0.4) is 0 Å². The van der Waals surface area contributed by atoms with Gasteiger partial charge in [-0.3, -0.25) is 4.94 Å². The van der Waals surface area contributed by atoms with Crippen LogP contribution in [-0.4, -0.2) is 5.11 Å². The van der Waals surface area contributed by atoms with E-state index in [1.54, 1.807) is 0 Å². The minimum atomic E-state index is -0.805. The highest BCUT2D eigenvalue weighted by molar-refractivity contribution is 5.32. The van der Waals surface area contributed by atoms with E-state index in [2.05, 4.69) is 4.94 Å². The van der Waals surface area contributed by atoms with Gasteiger partial charge in [-0.25, -0.2) is 4.39 Å². The van der Waals surface area contributed by atoms with Crippen LogP contribution in [0.25, 0.3) is 0 Å². The predicted octanol–water partition coefficient (Wildman–Crippen LogP) is 1.79. The molecule has 1 N–H and O–H groups in total. The molecule has 0 atom stereocenters. The summed E-state index contributed by atoms with van der Waals surface area (Å²) >= 11 is 0. The average molecular weight is 146 g/mol. The number of hydrogen-bond donors (Lipinski definition) is 1. The smallest absolute Gasteiger partial charge is 0.175 e. The van der Waals surface area contributed by atoms with Crippen molar-refractivity contribution in [3.05, 3.63) is 24.0 Å². The van der Waals surface area contributed by atoms with Gasteiger partial charge in [0.15, 0.2) is 17.3 Å². The van der Waals surface area contributed by atoms with Gasteiger partial charge in [-0.2, -0.15) is 0 Å². The molecule has 0 aliphatic heterocycles. The summed E-state index contributed by atoms with van der Waals surface area (Å²) in [4.78, 5) is 3.22. The van der Waals surface area contributed by atoms with Crippen molar-refractivity contribution < 1.29 is 19.0 Å². The Morgan fingerprint density at radius 2 is 2.10 bits per heavy atom. The summed E-state index contributed by atoms with van der Waals surface area (Å²) in [5.74, 6) is -1.66. The first-order valence-corrected chi connectivity index (χ1v) is 2.51. The van der Waals surface area contributed by atoms with Gasteiger partial charge in [-0.1, -0.05) is 0 Å². The van der Waals surface area contributed by atoms with Gasteiger partial charge in [-0.15, -0.1) is 0 Å². The van der Waals surface area contributed by atoms with E-state index in [1.165, 1.54) is 0 Å². The van der Waals surface area contributed by atoms with Crippen LogP contribution in [-0.2, 0) is 0 Å². The minimum absolute atomic E-state index is 0.223. The highest BCUT2D eigenvalue weighted by Crippen LogP contribution is 2.21. The lowest BCUT2D eigenvalue weighted by Crippen LogP contribution is -1.78. The zero-order valence-corrected chi connectivity index (χ0v) is 4.84. The number of halogens is 2. The lowest BCUT2D eigenvalue weighted by Gasteiger charge is -1.95. The summed E-state index contributed by atoms with van der Waals surface area (Å²) in [6.07, 6.45) is 0. The van der Waals surface area contributed by atoms with Crippen LogP contribution in [0.4, 0.5) is 8.92 Å². The van der Waals surface area contributed by atoms with Gasteiger partial charge in [0.1, 0.15) is 0 Å². The molecule has 0 aliphatic rings. The van der Waals surface area contributed by atoms with Crippen LogP contribution in [0.1, 0.15) is 0 Å². The molecule has 0 radical (unpaired) electrons. The molecule has 0 aliphatic carbocycles. The van der Waals surface area contributed by atoms with E-state index < -0.39 is 11.6 Å². The molecule has 0 saturated heterocycles. The molecule has 0 aromatic heterocycles. The molecule has 1 rings (SSSR count). The van der Waals surface area contributed by atoms with Gasteiger partial charge in [0.05, 0.1) is 0 Å². The van der Waals surface area contributed by atoms with E-state index in [0.29, 0.717) is 0 Å². The third-order valence-electron chi connectivity index (χ3n) is 1.01. The Kier molecular flexibility index (Phi) is 1.71. The van der Waals surface area contributed by atoms with Gasteiger partial charge >= 0.3 is 0 Å². The molecule has 0 saturated carbocycles. The fourth-order valence-electron chi connectivity index (χ4n) is 0.540. The molecule has 0 heterocycles. The molecule has 2 nitrogen and oxygen atoms in total. The topological polar surface area (TPSA) is 29.5 Å². The molecule has 4 heteroatoms. The van der Waals surface area contributed by atoms with Crippen molar-refractivity contribution in [3.8, 4) is 11.5 Å². The standard InChI is InChI=1S/C6H4F2O2/c7-5-2-1-4(10-8)3-6(5)9/h1-3,9H. The average Bonchev–Trinajstić information content (AvgIpc) is 1.95. The molecule has 0 amide bonds.